The molecule has 5 atom stereocenters. The van der Waals surface area contributed by atoms with Gasteiger partial charge in [-0.1, -0.05) is 37.1 Å². The normalized spacial score (nSPS) is 23.4. The van der Waals surface area contributed by atoms with Crippen molar-refractivity contribution < 1.29 is 45.9 Å². The number of halogens is 1. The number of aromatic nitrogens is 1. The number of nitrogens with zero attached hydrogens (tertiary/aromatic N) is 2. The van der Waals surface area contributed by atoms with Gasteiger partial charge in [0.2, 0.25) is 21.8 Å². The molecule has 8 rings (SSSR count). The van der Waals surface area contributed by atoms with Crippen molar-refractivity contribution >= 4 is 66.8 Å². The van der Waals surface area contributed by atoms with Gasteiger partial charge in [-0.3, -0.25) is 19.1 Å². The third-order valence-electron chi connectivity index (χ3n) is 12.2. The molecule has 1 unspecified atom stereocenters. The van der Waals surface area contributed by atoms with E-state index >= 15 is 0 Å². The Morgan fingerprint density at radius 3 is 2.53 bits per heavy atom. The van der Waals surface area contributed by atoms with Crippen molar-refractivity contribution in [2.75, 3.05) is 6.54 Å². The third kappa shape index (κ3) is 8.43. The Morgan fingerprint density at radius 1 is 1.02 bits per heavy atom. The zero-order valence-electron chi connectivity index (χ0n) is 33.3. The van der Waals surface area contributed by atoms with E-state index in [9.17, 15) is 32.0 Å². The van der Waals surface area contributed by atoms with Gasteiger partial charge >= 0.3 is 6.09 Å². The molecular formula is C44H50FN5O9S. The van der Waals surface area contributed by atoms with Crippen LogP contribution >= 0.6 is 0 Å². The number of benzene rings is 2. The number of rotatable bonds is 17. The lowest BCUT2D eigenvalue weighted by molar-refractivity contribution is -0.141. The van der Waals surface area contributed by atoms with Crippen LogP contribution in [0.2, 0.25) is 0 Å². The molecule has 60 heavy (non-hydrogen) atoms. The van der Waals surface area contributed by atoms with Crippen LogP contribution in [0.25, 0.3) is 33.0 Å². The van der Waals surface area contributed by atoms with Gasteiger partial charge in [0, 0.05) is 23.1 Å². The molecule has 3 saturated carbocycles. The fourth-order valence-corrected chi connectivity index (χ4v) is 9.97. The summed E-state index contributed by atoms with van der Waals surface area (Å²) in [6.07, 6.45) is 8.91. The van der Waals surface area contributed by atoms with Gasteiger partial charge in [-0.05, 0) is 94.5 Å². The minimum Gasteiger partial charge on any atom is -0.484 e. The first-order chi connectivity index (χ1) is 28.9. The molecule has 16 heteroatoms. The Hall–Kier alpha value is -5.51. The lowest BCUT2D eigenvalue weighted by Crippen LogP contribution is -2.58. The average Bonchev–Trinajstić information content (AvgIpc) is 4.05. The van der Waals surface area contributed by atoms with Crippen molar-refractivity contribution in [2.45, 2.75) is 119 Å². The number of fused-ring (bicyclic) bond motifs is 4. The summed E-state index contributed by atoms with van der Waals surface area (Å²) in [6, 6.07) is 9.10. The highest BCUT2D eigenvalue weighted by molar-refractivity contribution is 7.91. The van der Waals surface area contributed by atoms with E-state index in [1.165, 1.54) is 29.2 Å². The molecule has 0 spiro atoms. The average molecular weight is 844 g/mol. The number of sulfonamides is 1. The molecular weight excluding hydrogens is 794 g/mol. The topological polar surface area (TPSA) is 186 Å². The highest BCUT2D eigenvalue weighted by Gasteiger charge is 2.62. The monoisotopic (exact) mass is 843 g/mol. The van der Waals surface area contributed by atoms with Crippen molar-refractivity contribution in [1.82, 2.24) is 25.2 Å². The number of para-hydroxylation sites is 1. The molecule has 4 amide bonds. The number of likely N-dealkylation sites (tertiary alicyclic amines) is 1. The van der Waals surface area contributed by atoms with Crippen LogP contribution in [0.3, 0.4) is 0 Å². The van der Waals surface area contributed by atoms with Gasteiger partial charge in [0.05, 0.1) is 17.3 Å². The standard InChI is InChI=1S/C44H50FN5O9S/c1-3-5-6-7-8-16-34(47-43(54)58-28-13-9-10-14-28)41(52)50-25-29(23-35(50)40(51)48-44(24-26(44)4-2)42(53)49-60(55,56)30-19-20-30)57-38-32-22-27(45)18-21-33(32)46-37-31-15-11-12-17-36(31)59-39(37)38/h3-4,11-12,15,17-18,21-22,26,28-30,34-35H,1-2,5-10,13-14,16,19-20,23-25H2,(H,47,54)(H,48,51)(H,49,53)/t26-,29?,34+,35+,44-/m1/s1. The lowest BCUT2D eigenvalue weighted by atomic mass is 10.0. The lowest BCUT2D eigenvalue weighted by Gasteiger charge is -2.30. The van der Waals surface area contributed by atoms with E-state index in [4.69, 9.17) is 18.9 Å². The molecule has 3 N–H and O–H groups in total. The number of carbonyl (C=O) groups excluding carboxylic acids is 4. The molecule has 14 nitrogen and oxygen atoms in total. The van der Waals surface area contributed by atoms with Crippen LogP contribution in [0.4, 0.5) is 9.18 Å². The van der Waals surface area contributed by atoms with Crippen molar-refractivity contribution in [2.24, 2.45) is 5.92 Å². The van der Waals surface area contributed by atoms with Gasteiger partial charge < -0.3 is 29.4 Å². The Labute approximate surface area is 347 Å². The second kappa shape index (κ2) is 16.9. The minimum absolute atomic E-state index is 0.0756. The minimum atomic E-state index is -3.95. The number of amides is 4. The maximum Gasteiger partial charge on any atom is 0.408 e. The molecule has 318 valence electrons. The summed E-state index contributed by atoms with van der Waals surface area (Å²) in [5, 5.41) is 5.95. The quantitative estimate of drug-likeness (QED) is 0.0787. The SMILES string of the molecule is C=CCCCCC[C@H](NC(=O)OC1CCCC1)C(=O)N1CC(Oc2c3cc(F)ccc3nc3c2oc2ccccc23)C[C@H]1C(=O)N[C@]1(C(=O)NS(=O)(=O)C2CC2)C[C@H]1C=C. The van der Waals surface area contributed by atoms with E-state index in [0.29, 0.717) is 46.7 Å². The summed E-state index contributed by atoms with van der Waals surface area (Å²) in [6.45, 7) is 7.44. The van der Waals surface area contributed by atoms with E-state index < -0.39 is 74.5 Å². The van der Waals surface area contributed by atoms with E-state index in [2.05, 4.69) is 28.5 Å². The predicted octanol–water partition coefficient (Wildman–Crippen LogP) is 6.46. The Balaban J connectivity index is 1.12. The van der Waals surface area contributed by atoms with E-state index in [1.807, 2.05) is 24.3 Å². The largest absolute Gasteiger partial charge is 0.484 e. The summed E-state index contributed by atoms with van der Waals surface area (Å²) in [4.78, 5) is 62.4. The van der Waals surface area contributed by atoms with Crippen LogP contribution in [0.15, 0.2) is 72.2 Å². The zero-order chi connectivity index (χ0) is 42.2. The maximum atomic E-state index is 14.9. The van der Waals surface area contributed by atoms with Crippen LogP contribution in [-0.2, 0) is 29.1 Å². The van der Waals surface area contributed by atoms with Crippen LogP contribution in [-0.4, -0.2) is 83.7 Å². The van der Waals surface area contributed by atoms with Gasteiger partial charge in [-0.25, -0.2) is 22.6 Å². The molecule has 4 fully saturated rings. The second-order valence-electron chi connectivity index (χ2n) is 16.5. The Bertz CT molecular complexity index is 2460. The Morgan fingerprint density at radius 2 is 1.80 bits per heavy atom. The van der Waals surface area contributed by atoms with E-state index in [1.54, 1.807) is 6.07 Å². The van der Waals surface area contributed by atoms with Crippen molar-refractivity contribution in [3.63, 3.8) is 0 Å². The number of hydrogen-bond donors (Lipinski definition) is 3. The molecule has 3 heterocycles. The van der Waals surface area contributed by atoms with E-state index in [0.717, 1.165) is 44.9 Å². The molecule has 2 aromatic carbocycles. The first-order valence-electron chi connectivity index (χ1n) is 20.9. The molecule has 4 aliphatic rings. The molecule has 0 radical (unpaired) electrons. The molecule has 2 aromatic heterocycles. The number of ether oxygens (including phenoxy) is 2. The number of furan rings is 1. The molecule has 0 bridgehead atoms. The van der Waals surface area contributed by atoms with Gasteiger partial charge in [0.15, 0.2) is 11.3 Å². The first-order valence-corrected chi connectivity index (χ1v) is 22.4. The van der Waals surface area contributed by atoms with Gasteiger partial charge in [-0.2, -0.15) is 0 Å². The zero-order valence-corrected chi connectivity index (χ0v) is 34.1. The number of alkyl carbamates (subject to hydrolysis) is 1. The molecule has 4 aromatic rings. The van der Waals surface area contributed by atoms with Crippen LogP contribution in [0.5, 0.6) is 5.75 Å². The van der Waals surface area contributed by atoms with Crippen LogP contribution < -0.4 is 20.1 Å². The number of allylic oxidation sites excluding steroid dienone is 1. The van der Waals surface area contributed by atoms with Crippen LogP contribution in [0.1, 0.15) is 83.5 Å². The van der Waals surface area contributed by atoms with Crippen molar-refractivity contribution in [1.29, 1.82) is 0 Å². The summed E-state index contributed by atoms with van der Waals surface area (Å²) in [7, 11) is -3.95. The highest BCUT2D eigenvalue weighted by atomic mass is 32.2. The highest BCUT2D eigenvalue weighted by Crippen LogP contribution is 2.46. The smallest absolute Gasteiger partial charge is 0.408 e. The summed E-state index contributed by atoms with van der Waals surface area (Å²) < 4.78 is 61.3. The molecule has 1 aliphatic heterocycles. The molecule has 1 saturated heterocycles. The number of nitrogens with one attached hydrogen (secondary N) is 3. The fraction of sp³-hybridized carbons (Fsp3) is 0.477. The number of hydrogen-bond acceptors (Lipinski definition) is 10. The first kappa shape index (κ1) is 41.2. The van der Waals surface area contributed by atoms with Crippen molar-refractivity contribution in [3.05, 3.63) is 73.6 Å². The maximum absolute atomic E-state index is 14.9. The van der Waals surface area contributed by atoms with Gasteiger partial charge in [0.1, 0.15) is 46.7 Å². The summed E-state index contributed by atoms with van der Waals surface area (Å²) in [5.41, 5.74) is 0.0983. The van der Waals surface area contributed by atoms with Gasteiger partial charge in [-0.15, -0.1) is 13.2 Å². The Kier molecular flexibility index (Phi) is 11.6. The van der Waals surface area contributed by atoms with Gasteiger partial charge in [0.25, 0.3) is 5.91 Å². The summed E-state index contributed by atoms with van der Waals surface area (Å²) >= 11 is 0. The number of carbonyl (C=O) groups is 4. The fourth-order valence-electron chi connectivity index (χ4n) is 8.61. The number of unbranched alkanes of at least 4 members (excludes halogenated alkanes) is 3. The number of pyridine rings is 1. The van der Waals surface area contributed by atoms with Crippen LogP contribution in [0, 0.1) is 11.7 Å². The van der Waals surface area contributed by atoms with Crippen molar-refractivity contribution in [3.8, 4) is 5.75 Å². The van der Waals surface area contributed by atoms with E-state index in [-0.39, 0.29) is 43.2 Å². The third-order valence-corrected chi connectivity index (χ3v) is 14.0. The predicted molar refractivity (Wildman–Crippen MR) is 222 cm³/mol. The second-order valence-corrected chi connectivity index (χ2v) is 18.4. The summed E-state index contributed by atoms with van der Waals surface area (Å²) in [5.74, 6) is -3.07. The molecule has 3 aliphatic carbocycles.